The zero-order valence-electron chi connectivity index (χ0n) is 7.19. The SMILES string of the molecule is Cc1nc(-c2ccccc2)c(O)o1. The van der Waals surface area contributed by atoms with Crippen LogP contribution in [0.15, 0.2) is 34.7 Å². The molecule has 0 radical (unpaired) electrons. The van der Waals surface area contributed by atoms with E-state index in [-0.39, 0.29) is 5.95 Å². The van der Waals surface area contributed by atoms with Crippen LogP contribution in [0, 0.1) is 6.92 Å². The monoisotopic (exact) mass is 175 g/mol. The molecule has 1 heterocycles. The summed E-state index contributed by atoms with van der Waals surface area (Å²) in [6.45, 7) is 1.70. The van der Waals surface area contributed by atoms with E-state index in [0.717, 1.165) is 5.56 Å². The predicted molar refractivity (Wildman–Crippen MR) is 48.3 cm³/mol. The number of rotatable bonds is 1. The van der Waals surface area contributed by atoms with E-state index < -0.39 is 0 Å². The lowest BCUT2D eigenvalue weighted by molar-refractivity contribution is 0.324. The van der Waals surface area contributed by atoms with Gasteiger partial charge in [0.15, 0.2) is 11.6 Å². The Labute approximate surface area is 75.7 Å². The number of aromatic nitrogens is 1. The van der Waals surface area contributed by atoms with Gasteiger partial charge in [-0.15, -0.1) is 0 Å². The van der Waals surface area contributed by atoms with Crippen molar-refractivity contribution in [2.45, 2.75) is 6.92 Å². The van der Waals surface area contributed by atoms with Gasteiger partial charge in [0.05, 0.1) is 0 Å². The van der Waals surface area contributed by atoms with E-state index in [9.17, 15) is 5.11 Å². The van der Waals surface area contributed by atoms with E-state index in [2.05, 4.69) is 4.98 Å². The van der Waals surface area contributed by atoms with Crippen molar-refractivity contribution in [3.8, 4) is 17.2 Å². The highest BCUT2D eigenvalue weighted by molar-refractivity contribution is 5.63. The van der Waals surface area contributed by atoms with Gasteiger partial charge in [0.25, 0.3) is 0 Å². The van der Waals surface area contributed by atoms with Crippen LogP contribution in [0.25, 0.3) is 11.3 Å². The second-order valence-corrected chi connectivity index (χ2v) is 2.75. The van der Waals surface area contributed by atoms with E-state index in [1.54, 1.807) is 6.92 Å². The highest BCUT2D eigenvalue weighted by Crippen LogP contribution is 2.28. The molecular weight excluding hydrogens is 166 g/mol. The largest absolute Gasteiger partial charge is 0.479 e. The summed E-state index contributed by atoms with van der Waals surface area (Å²) in [4.78, 5) is 4.06. The van der Waals surface area contributed by atoms with Crippen LogP contribution in [0.3, 0.4) is 0 Å². The predicted octanol–water partition coefficient (Wildman–Crippen LogP) is 2.36. The number of nitrogens with zero attached hydrogens (tertiary/aromatic N) is 1. The van der Waals surface area contributed by atoms with Gasteiger partial charge in [-0.1, -0.05) is 30.3 Å². The zero-order chi connectivity index (χ0) is 9.26. The van der Waals surface area contributed by atoms with Crippen LogP contribution in [-0.2, 0) is 0 Å². The zero-order valence-corrected chi connectivity index (χ0v) is 7.19. The summed E-state index contributed by atoms with van der Waals surface area (Å²) in [5.41, 5.74) is 1.36. The standard InChI is InChI=1S/C10H9NO2/c1-7-11-9(10(12)13-7)8-5-3-2-4-6-8/h2-6,12H,1H3. The number of aryl methyl sites for hydroxylation is 1. The van der Waals surface area contributed by atoms with Crippen LogP contribution in [0.4, 0.5) is 0 Å². The Bertz CT molecular complexity index is 406. The Morgan fingerprint density at radius 1 is 1.23 bits per heavy atom. The van der Waals surface area contributed by atoms with Crippen molar-refractivity contribution in [2.75, 3.05) is 0 Å². The van der Waals surface area contributed by atoms with E-state index in [1.165, 1.54) is 0 Å². The molecule has 0 bridgehead atoms. The van der Waals surface area contributed by atoms with Crippen LogP contribution in [0.2, 0.25) is 0 Å². The average molecular weight is 175 g/mol. The summed E-state index contributed by atoms with van der Waals surface area (Å²) in [6.07, 6.45) is 0. The Morgan fingerprint density at radius 2 is 1.92 bits per heavy atom. The molecule has 0 saturated heterocycles. The molecule has 2 rings (SSSR count). The fraction of sp³-hybridized carbons (Fsp3) is 0.100. The van der Waals surface area contributed by atoms with Gasteiger partial charge in [-0.25, -0.2) is 4.98 Å². The number of hydrogen-bond donors (Lipinski definition) is 1. The number of oxazole rings is 1. The second-order valence-electron chi connectivity index (χ2n) is 2.75. The van der Waals surface area contributed by atoms with Crippen LogP contribution < -0.4 is 0 Å². The van der Waals surface area contributed by atoms with E-state index in [1.807, 2.05) is 30.3 Å². The molecule has 13 heavy (non-hydrogen) atoms. The van der Waals surface area contributed by atoms with Crippen molar-refractivity contribution < 1.29 is 9.52 Å². The Hall–Kier alpha value is -1.77. The fourth-order valence-corrected chi connectivity index (χ4v) is 1.20. The van der Waals surface area contributed by atoms with Crippen molar-refractivity contribution in [2.24, 2.45) is 0 Å². The minimum absolute atomic E-state index is 0.122. The minimum atomic E-state index is -0.122. The van der Waals surface area contributed by atoms with Crippen molar-refractivity contribution in [1.82, 2.24) is 4.98 Å². The molecule has 0 amide bonds. The third-order valence-electron chi connectivity index (χ3n) is 1.76. The molecule has 0 aliphatic heterocycles. The first kappa shape index (κ1) is 7.86. The highest BCUT2D eigenvalue weighted by Gasteiger charge is 2.10. The molecule has 3 heteroatoms. The second kappa shape index (κ2) is 2.94. The molecule has 66 valence electrons. The molecule has 0 saturated carbocycles. The smallest absolute Gasteiger partial charge is 0.311 e. The molecule has 0 aliphatic rings. The first-order chi connectivity index (χ1) is 6.27. The lowest BCUT2D eigenvalue weighted by Crippen LogP contribution is -1.77. The highest BCUT2D eigenvalue weighted by atomic mass is 16.5. The summed E-state index contributed by atoms with van der Waals surface area (Å²) in [5, 5.41) is 9.36. The van der Waals surface area contributed by atoms with Gasteiger partial charge in [0.1, 0.15) is 0 Å². The first-order valence-corrected chi connectivity index (χ1v) is 3.99. The van der Waals surface area contributed by atoms with E-state index in [4.69, 9.17) is 4.42 Å². The van der Waals surface area contributed by atoms with Crippen molar-refractivity contribution in [3.63, 3.8) is 0 Å². The number of benzene rings is 1. The summed E-state index contributed by atoms with van der Waals surface area (Å²) < 4.78 is 4.91. The summed E-state index contributed by atoms with van der Waals surface area (Å²) in [5.74, 6) is 0.347. The summed E-state index contributed by atoms with van der Waals surface area (Å²) in [6, 6.07) is 9.43. The first-order valence-electron chi connectivity index (χ1n) is 3.99. The number of aromatic hydroxyl groups is 1. The molecule has 0 atom stereocenters. The van der Waals surface area contributed by atoms with Gasteiger partial charge in [-0.3, -0.25) is 0 Å². The summed E-state index contributed by atoms with van der Waals surface area (Å²) >= 11 is 0. The molecule has 0 fully saturated rings. The molecular formula is C10H9NO2. The van der Waals surface area contributed by atoms with Gasteiger partial charge in [0, 0.05) is 12.5 Å². The maximum Gasteiger partial charge on any atom is 0.311 e. The lowest BCUT2D eigenvalue weighted by Gasteiger charge is -1.93. The third kappa shape index (κ3) is 1.40. The van der Waals surface area contributed by atoms with Crippen LogP contribution in [0.1, 0.15) is 5.89 Å². The molecule has 2 aromatic rings. The average Bonchev–Trinajstić information content (AvgIpc) is 2.47. The molecule has 0 aliphatic carbocycles. The lowest BCUT2D eigenvalue weighted by atomic mass is 10.2. The van der Waals surface area contributed by atoms with Crippen molar-refractivity contribution >= 4 is 0 Å². The molecule has 0 spiro atoms. The van der Waals surface area contributed by atoms with Crippen LogP contribution in [0.5, 0.6) is 5.95 Å². The molecule has 1 aromatic heterocycles. The van der Waals surface area contributed by atoms with Crippen molar-refractivity contribution in [1.29, 1.82) is 0 Å². The van der Waals surface area contributed by atoms with E-state index in [0.29, 0.717) is 11.6 Å². The van der Waals surface area contributed by atoms with Crippen LogP contribution in [-0.4, -0.2) is 10.1 Å². The van der Waals surface area contributed by atoms with Gasteiger partial charge in [-0.05, 0) is 0 Å². The van der Waals surface area contributed by atoms with Gasteiger partial charge < -0.3 is 9.52 Å². The normalized spacial score (nSPS) is 10.2. The fourth-order valence-electron chi connectivity index (χ4n) is 1.20. The summed E-state index contributed by atoms with van der Waals surface area (Å²) in [7, 11) is 0. The molecule has 1 aromatic carbocycles. The number of hydrogen-bond acceptors (Lipinski definition) is 3. The van der Waals surface area contributed by atoms with Gasteiger partial charge in [0.2, 0.25) is 0 Å². The topological polar surface area (TPSA) is 46.3 Å². The maximum absolute atomic E-state index is 9.36. The van der Waals surface area contributed by atoms with E-state index >= 15 is 0 Å². The molecule has 1 N–H and O–H groups in total. The Morgan fingerprint density at radius 3 is 2.46 bits per heavy atom. The van der Waals surface area contributed by atoms with Gasteiger partial charge >= 0.3 is 5.95 Å². The third-order valence-corrected chi connectivity index (χ3v) is 1.76. The van der Waals surface area contributed by atoms with Crippen LogP contribution >= 0.6 is 0 Å². The molecule has 3 nitrogen and oxygen atoms in total. The minimum Gasteiger partial charge on any atom is -0.479 e. The van der Waals surface area contributed by atoms with Gasteiger partial charge in [-0.2, -0.15) is 0 Å². The molecule has 0 unspecified atom stereocenters. The quantitative estimate of drug-likeness (QED) is 0.723. The Kier molecular flexibility index (Phi) is 1.77. The Balaban J connectivity index is 2.53. The maximum atomic E-state index is 9.36. The van der Waals surface area contributed by atoms with Crippen molar-refractivity contribution in [3.05, 3.63) is 36.2 Å².